The third-order valence-corrected chi connectivity index (χ3v) is 5.33. The van der Waals surface area contributed by atoms with Crippen LogP contribution in [0.4, 0.5) is 5.69 Å². The van der Waals surface area contributed by atoms with Crippen LogP contribution in [0.2, 0.25) is 0 Å². The third kappa shape index (κ3) is 7.42. The summed E-state index contributed by atoms with van der Waals surface area (Å²) >= 11 is 0. The van der Waals surface area contributed by atoms with Gasteiger partial charge in [0.05, 0.1) is 17.2 Å². The minimum Gasteiger partial charge on any atom is -0.455 e. The smallest absolute Gasteiger partial charge is 0.343 e. The second kappa shape index (κ2) is 12.2. The van der Waals surface area contributed by atoms with Gasteiger partial charge >= 0.3 is 11.9 Å². The molecule has 0 aliphatic rings. The van der Waals surface area contributed by atoms with Gasteiger partial charge in [-0.05, 0) is 54.4 Å². The molecule has 4 N–H and O–H groups in total. The summed E-state index contributed by atoms with van der Waals surface area (Å²) in [6.45, 7) is 1.76. The third-order valence-electron chi connectivity index (χ3n) is 5.33. The Morgan fingerprint density at radius 1 is 0.917 bits per heavy atom. The fraction of sp³-hybridized carbons (Fsp3) is 0.185. The Morgan fingerprint density at radius 3 is 2.17 bits per heavy atom. The second-order valence-corrected chi connectivity index (χ2v) is 8.11. The fourth-order valence-electron chi connectivity index (χ4n) is 3.26. The molecule has 0 spiro atoms. The van der Waals surface area contributed by atoms with E-state index in [4.69, 9.17) is 20.9 Å². The Hall–Kier alpha value is -4.66. The van der Waals surface area contributed by atoms with Gasteiger partial charge in [-0.3, -0.25) is 9.59 Å². The lowest BCUT2D eigenvalue weighted by molar-refractivity contribution is -0.152. The van der Waals surface area contributed by atoms with Crippen molar-refractivity contribution in [2.24, 2.45) is 16.5 Å². The van der Waals surface area contributed by atoms with E-state index in [0.29, 0.717) is 29.1 Å². The average Bonchev–Trinajstić information content (AvgIpc) is 2.87. The summed E-state index contributed by atoms with van der Waals surface area (Å²) in [5.74, 6) is -1.74. The van der Waals surface area contributed by atoms with Crippen molar-refractivity contribution in [3.05, 3.63) is 95.6 Å². The van der Waals surface area contributed by atoms with E-state index >= 15 is 0 Å². The lowest BCUT2D eigenvalue weighted by atomic mass is 10.0. The van der Waals surface area contributed by atoms with Gasteiger partial charge in [0.25, 0.3) is 5.91 Å². The van der Waals surface area contributed by atoms with Crippen molar-refractivity contribution in [2.75, 3.05) is 13.7 Å². The summed E-state index contributed by atoms with van der Waals surface area (Å²) in [4.78, 5) is 42.6. The highest BCUT2D eigenvalue weighted by atomic mass is 16.5. The summed E-state index contributed by atoms with van der Waals surface area (Å²) in [5.41, 5.74) is 13.2. The predicted octanol–water partition coefficient (Wildman–Crippen LogP) is 3.12. The average molecular weight is 489 g/mol. The van der Waals surface area contributed by atoms with Crippen molar-refractivity contribution < 1.29 is 23.9 Å². The number of nitrogens with two attached hydrogens (primary N) is 2. The summed E-state index contributed by atoms with van der Waals surface area (Å²) < 4.78 is 10.6. The molecule has 0 saturated carbocycles. The Balaban J connectivity index is 1.50. The number of likely N-dealkylation sites (N-methyl/N-ethyl adjacent to an activating group) is 1. The molecule has 0 fully saturated rings. The molecule has 186 valence electrons. The van der Waals surface area contributed by atoms with Gasteiger partial charge < -0.3 is 25.8 Å². The number of nitrogens with zero attached hydrogens (tertiary/aromatic N) is 2. The van der Waals surface area contributed by atoms with Gasteiger partial charge in [0, 0.05) is 13.6 Å². The van der Waals surface area contributed by atoms with E-state index in [-0.39, 0.29) is 18.5 Å². The van der Waals surface area contributed by atoms with Crippen LogP contribution in [-0.4, -0.2) is 42.4 Å². The Morgan fingerprint density at radius 2 is 1.56 bits per heavy atom. The first-order valence-electron chi connectivity index (χ1n) is 11.2. The number of carbonyl (C=O) groups excluding carboxylic acids is 3. The van der Waals surface area contributed by atoms with E-state index in [1.807, 2.05) is 30.3 Å². The molecule has 9 nitrogen and oxygen atoms in total. The molecule has 0 aromatic heterocycles. The van der Waals surface area contributed by atoms with Crippen molar-refractivity contribution in [3.63, 3.8) is 0 Å². The molecule has 36 heavy (non-hydrogen) atoms. The van der Waals surface area contributed by atoms with Crippen LogP contribution in [0.3, 0.4) is 0 Å². The topological polar surface area (TPSA) is 137 Å². The maximum Gasteiger partial charge on any atom is 0.343 e. The molecular formula is C27H28N4O5. The van der Waals surface area contributed by atoms with Crippen LogP contribution in [0.15, 0.2) is 83.9 Å². The highest BCUT2D eigenvalue weighted by Crippen LogP contribution is 2.22. The van der Waals surface area contributed by atoms with Gasteiger partial charge in [-0.25, -0.2) is 9.79 Å². The van der Waals surface area contributed by atoms with Gasteiger partial charge in [-0.1, -0.05) is 42.5 Å². The first-order chi connectivity index (χ1) is 17.2. The normalized spacial score (nSPS) is 11.2. The standard InChI is InChI=1S/C27H28N4O5/c1-18(25(33)35-17-24(32)31(2)16-19-6-4-3-5-7-19)20-10-14-23(15-11-20)36-26(34)21-8-12-22(13-9-21)30-27(28)29/h3-15,18H,16-17H2,1-2H3,(H4,28,29,30)/t18-/m0/s1. The zero-order valence-corrected chi connectivity index (χ0v) is 20.1. The molecule has 0 heterocycles. The maximum absolute atomic E-state index is 12.5. The van der Waals surface area contributed by atoms with Gasteiger partial charge in [0.15, 0.2) is 12.6 Å². The van der Waals surface area contributed by atoms with Gasteiger partial charge in [-0.2, -0.15) is 0 Å². The number of guanidine groups is 1. The van der Waals surface area contributed by atoms with Gasteiger partial charge in [0.1, 0.15) is 5.75 Å². The molecule has 3 aromatic carbocycles. The SMILES string of the molecule is C[C@H](C(=O)OCC(=O)N(C)Cc1ccccc1)c1ccc(OC(=O)c2ccc(N=C(N)N)cc2)cc1. The molecule has 3 aromatic rings. The van der Waals surface area contributed by atoms with Crippen LogP contribution in [-0.2, 0) is 20.9 Å². The van der Waals surface area contributed by atoms with E-state index in [1.54, 1.807) is 62.5 Å². The molecule has 3 rings (SSSR count). The Labute approximate surface area is 209 Å². The molecule has 9 heteroatoms. The fourth-order valence-corrected chi connectivity index (χ4v) is 3.26. The van der Waals surface area contributed by atoms with Crippen LogP contribution >= 0.6 is 0 Å². The van der Waals surface area contributed by atoms with E-state index in [9.17, 15) is 14.4 Å². The first-order valence-corrected chi connectivity index (χ1v) is 11.2. The predicted molar refractivity (Wildman–Crippen MR) is 136 cm³/mol. The molecule has 0 radical (unpaired) electrons. The maximum atomic E-state index is 12.5. The van der Waals surface area contributed by atoms with E-state index < -0.39 is 17.9 Å². The minimum atomic E-state index is -0.606. The number of ether oxygens (including phenoxy) is 2. The molecule has 1 amide bonds. The lowest BCUT2D eigenvalue weighted by Crippen LogP contribution is -2.31. The molecule has 0 saturated heterocycles. The summed E-state index contributed by atoms with van der Waals surface area (Å²) in [6, 6.07) is 22.3. The van der Waals surface area contributed by atoms with Gasteiger partial charge in [0.2, 0.25) is 0 Å². The summed E-state index contributed by atoms with van der Waals surface area (Å²) in [7, 11) is 1.66. The molecular weight excluding hydrogens is 460 g/mol. The molecule has 0 bridgehead atoms. The monoisotopic (exact) mass is 488 g/mol. The van der Waals surface area contributed by atoms with E-state index in [0.717, 1.165) is 5.56 Å². The summed E-state index contributed by atoms with van der Waals surface area (Å²) in [5, 5.41) is 0. The number of esters is 2. The van der Waals surface area contributed by atoms with Crippen molar-refractivity contribution >= 4 is 29.5 Å². The van der Waals surface area contributed by atoms with Crippen LogP contribution in [0.5, 0.6) is 5.75 Å². The molecule has 0 unspecified atom stereocenters. The van der Waals surface area contributed by atoms with Crippen molar-refractivity contribution in [2.45, 2.75) is 19.4 Å². The number of carbonyl (C=O) groups is 3. The van der Waals surface area contributed by atoms with Gasteiger partial charge in [-0.15, -0.1) is 0 Å². The Kier molecular flexibility index (Phi) is 8.77. The van der Waals surface area contributed by atoms with Crippen LogP contribution in [0.1, 0.15) is 34.3 Å². The number of benzene rings is 3. The number of amides is 1. The highest BCUT2D eigenvalue weighted by Gasteiger charge is 2.20. The number of hydrogen-bond donors (Lipinski definition) is 2. The Bertz CT molecular complexity index is 1220. The van der Waals surface area contributed by atoms with E-state index in [2.05, 4.69) is 4.99 Å². The number of hydrogen-bond acceptors (Lipinski definition) is 6. The lowest BCUT2D eigenvalue weighted by Gasteiger charge is -2.18. The van der Waals surface area contributed by atoms with Crippen molar-refractivity contribution in [1.29, 1.82) is 0 Å². The zero-order valence-electron chi connectivity index (χ0n) is 20.1. The largest absolute Gasteiger partial charge is 0.455 e. The van der Waals surface area contributed by atoms with E-state index in [1.165, 1.54) is 4.90 Å². The van der Waals surface area contributed by atoms with Crippen LogP contribution in [0, 0.1) is 0 Å². The molecule has 1 atom stereocenters. The number of aliphatic imine (C=N–C) groups is 1. The second-order valence-electron chi connectivity index (χ2n) is 8.11. The first kappa shape index (κ1) is 26.0. The quantitative estimate of drug-likeness (QED) is 0.204. The zero-order chi connectivity index (χ0) is 26.1. The molecule has 0 aliphatic carbocycles. The molecule has 0 aliphatic heterocycles. The van der Waals surface area contributed by atoms with Crippen molar-refractivity contribution in [1.82, 2.24) is 4.90 Å². The minimum absolute atomic E-state index is 0.0782. The highest BCUT2D eigenvalue weighted by molar-refractivity contribution is 5.91. The van der Waals surface area contributed by atoms with Crippen LogP contribution < -0.4 is 16.2 Å². The van der Waals surface area contributed by atoms with Crippen LogP contribution in [0.25, 0.3) is 0 Å². The summed E-state index contributed by atoms with van der Waals surface area (Å²) in [6.07, 6.45) is 0. The van der Waals surface area contributed by atoms with Crippen molar-refractivity contribution in [3.8, 4) is 5.75 Å². The number of rotatable bonds is 9.